The maximum Gasteiger partial charge on any atom is 0.306 e. The average Bonchev–Trinajstić information content (AvgIpc) is 3.30. The summed E-state index contributed by atoms with van der Waals surface area (Å²) in [6.07, 6.45) is 59.1. The molecule has 0 saturated carbocycles. The zero-order valence-corrected chi connectivity index (χ0v) is 39.5. The molecule has 9 nitrogen and oxygen atoms in total. The second-order valence-electron chi connectivity index (χ2n) is 15.8. The molecule has 0 aromatic heterocycles. The minimum absolute atomic E-state index is 0.0997. The number of ether oxygens (including phenoxy) is 4. The van der Waals surface area contributed by atoms with E-state index in [-0.39, 0.29) is 25.6 Å². The van der Waals surface area contributed by atoms with E-state index in [0.717, 1.165) is 116 Å². The van der Waals surface area contributed by atoms with E-state index in [4.69, 9.17) is 18.9 Å². The highest BCUT2D eigenvalue weighted by atomic mass is 16.7. The van der Waals surface area contributed by atoms with Crippen molar-refractivity contribution in [3.8, 4) is 0 Å². The van der Waals surface area contributed by atoms with E-state index in [1.165, 1.54) is 0 Å². The Labute approximate surface area is 388 Å². The Morgan fingerprint density at radius 1 is 0.500 bits per heavy atom. The molecule has 64 heavy (non-hydrogen) atoms. The normalized spacial score (nSPS) is 20.8. The lowest BCUT2D eigenvalue weighted by Gasteiger charge is -2.39. The van der Waals surface area contributed by atoms with Gasteiger partial charge in [-0.05, 0) is 109 Å². The van der Waals surface area contributed by atoms with Gasteiger partial charge < -0.3 is 39.4 Å². The van der Waals surface area contributed by atoms with E-state index in [1.54, 1.807) is 0 Å². The quantitative estimate of drug-likeness (QED) is 0.0270. The topological polar surface area (TPSA) is 135 Å². The Morgan fingerprint density at radius 2 is 0.906 bits per heavy atom. The average molecular weight is 891 g/mol. The number of esters is 1. The van der Waals surface area contributed by atoms with Gasteiger partial charge in [0.25, 0.3) is 0 Å². The molecule has 6 unspecified atom stereocenters. The zero-order valence-electron chi connectivity index (χ0n) is 39.5. The molecule has 4 N–H and O–H groups in total. The Morgan fingerprint density at radius 3 is 1.34 bits per heavy atom. The Kier molecular flexibility index (Phi) is 40.6. The van der Waals surface area contributed by atoms with Gasteiger partial charge in [-0.15, -0.1) is 0 Å². The maximum absolute atomic E-state index is 12.8. The van der Waals surface area contributed by atoms with Gasteiger partial charge in [0.05, 0.1) is 19.8 Å². The molecule has 1 aliphatic heterocycles. The Balaban J connectivity index is 2.29. The largest absolute Gasteiger partial charge is 0.457 e. The summed E-state index contributed by atoms with van der Waals surface area (Å²) in [7, 11) is 0. The van der Waals surface area contributed by atoms with Crippen LogP contribution in [0.25, 0.3) is 0 Å². The van der Waals surface area contributed by atoms with Gasteiger partial charge in [-0.2, -0.15) is 0 Å². The molecular formula is C55H86O9. The number of carbonyl (C=O) groups excluding carboxylic acids is 1. The zero-order chi connectivity index (χ0) is 46.4. The molecule has 360 valence electrons. The van der Waals surface area contributed by atoms with E-state index in [0.29, 0.717) is 13.0 Å². The van der Waals surface area contributed by atoms with Gasteiger partial charge >= 0.3 is 5.97 Å². The summed E-state index contributed by atoms with van der Waals surface area (Å²) < 4.78 is 22.8. The van der Waals surface area contributed by atoms with Crippen molar-refractivity contribution in [2.24, 2.45) is 0 Å². The fourth-order valence-corrected chi connectivity index (χ4v) is 6.34. The van der Waals surface area contributed by atoms with Gasteiger partial charge in [-0.25, -0.2) is 0 Å². The smallest absolute Gasteiger partial charge is 0.306 e. The first-order valence-electron chi connectivity index (χ1n) is 24.3. The van der Waals surface area contributed by atoms with Crippen LogP contribution in [0.1, 0.15) is 142 Å². The standard InChI is InChI=1S/C55H86O9/c1-3-5-7-9-11-13-15-17-19-20-21-22-23-24-25-26-27-28-29-31-33-35-37-39-41-43-45-61-47-49(48-62-55-54(60)53(59)52(58)50(46-56)64-55)63-51(57)44-42-40-38-36-34-32-30-18-16-14-12-10-8-6-4-2/h5-8,11-14,17-19,21-22,24-25,27-28,30-31,33-34,36,49-50,52-56,58-60H,3-4,9-10,15-16,20,23,26,29,32,35,37-48H2,1-2H3/b7-5-,8-6-,13-11-,14-12-,19-17-,22-21-,25-24-,28-27-,30-18-,33-31-,36-34-. The van der Waals surface area contributed by atoms with Crippen LogP contribution in [-0.4, -0.2) is 89.6 Å². The fraction of sp³-hybridized carbons (Fsp3) is 0.582. The van der Waals surface area contributed by atoms with Crippen LogP contribution in [0.4, 0.5) is 0 Å². The van der Waals surface area contributed by atoms with Crippen molar-refractivity contribution in [3.63, 3.8) is 0 Å². The van der Waals surface area contributed by atoms with Crippen molar-refractivity contribution in [1.82, 2.24) is 0 Å². The molecule has 0 aromatic carbocycles. The molecule has 1 fully saturated rings. The first kappa shape index (κ1) is 58.3. The van der Waals surface area contributed by atoms with Gasteiger partial charge in [-0.3, -0.25) is 4.79 Å². The van der Waals surface area contributed by atoms with Gasteiger partial charge in [-0.1, -0.05) is 160 Å². The van der Waals surface area contributed by atoms with Crippen molar-refractivity contribution < 1.29 is 44.2 Å². The first-order valence-corrected chi connectivity index (χ1v) is 24.3. The van der Waals surface area contributed by atoms with E-state index >= 15 is 0 Å². The molecular weight excluding hydrogens is 805 g/mol. The van der Waals surface area contributed by atoms with Crippen molar-refractivity contribution in [2.75, 3.05) is 26.4 Å². The number of aliphatic hydroxyl groups is 4. The molecule has 0 aliphatic carbocycles. The van der Waals surface area contributed by atoms with Crippen LogP contribution in [0, 0.1) is 0 Å². The summed E-state index contributed by atoms with van der Waals surface area (Å²) in [6.45, 7) is 4.17. The van der Waals surface area contributed by atoms with Crippen molar-refractivity contribution >= 4 is 5.97 Å². The number of hydrogen-bond donors (Lipinski definition) is 4. The highest BCUT2D eigenvalue weighted by Gasteiger charge is 2.44. The van der Waals surface area contributed by atoms with Crippen LogP contribution in [-0.2, 0) is 23.7 Å². The van der Waals surface area contributed by atoms with Crippen LogP contribution in [0.2, 0.25) is 0 Å². The number of unbranched alkanes of at least 4 members (excludes halogenated alkanes) is 6. The van der Waals surface area contributed by atoms with Gasteiger partial charge in [0, 0.05) is 13.0 Å². The predicted octanol–water partition coefficient (Wildman–Crippen LogP) is 11.7. The Bertz CT molecular complexity index is 1430. The second kappa shape index (κ2) is 44.5. The van der Waals surface area contributed by atoms with E-state index < -0.39 is 43.4 Å². The Hall–Kier alpha value is -3.67. The molecule has 0 amide bonds. The molecule has 1 rings (SSSR count). The predicted molar refractivity (Wildman–Crippen MR) is 265 cm³/mol. The molecule has 0 spiro atoms. The van der Waals surface area contributed by atoms with Gasteiger partial charge in [0.1, 0.15) is 30.5 Å². The highest BCUT2D eigenvalue weighted by Crippen LogP contribution is 2.22. The minimum Gasteiger partial charge on any atom is -0.457 e. The highest BCUT2D eigenvalue weighted by molar-refractivity contribution is 5.69. The molecule has 0 bridgehead atoms. The van der Waals surface area contributed by atoms with E-state index in [1.807, 2.05) is 0 Å². The second-order valence-corrected chi connectivity index (χ2v) is 15.8. The molecule has 0 radical (unpaired) electrons. The van der Waals surface area contributed by atoms with Crippen molar-refractivity contribution in [2.45, 2.75) is 179 Å². The SMILES string of the molecule is CC/C=C\C/C=C\C/C=C\C/C=C\C/C=C\C/C=C\C/C=C\CCCCCCOCC(COC1OC(CO)C(O)C(O)C1O)OC(=O)CCCC/C=C\C/C=C\C/C=C\C/C=C\CC. The molecule has 1 saturated heterocycles. The number of allylic oxidation sites excluding steroid dienone is 22. The third-order valence-electron chi connectivity index (χ3n) is 10.1. The molecule has 0 aromatic rings. The summed E-state index contributed by atoms with van der Waals surface area (Å²) >= 11 is 0. The van der Waals surface area contributed by atoms with Crippen LogP contribution in [0.3, 0.4) is 0 Å². The van der Waals surface area contributed by atoms with Crippen LogP contribution in [0.15, 0.2) is 134 Å². The summed E-state index contributed by atoms with van der Waals surface area (Å²) in [5.74, 6) is -0.370. The lowest BCUT2D eigenvalue weighted by Crippen LogP contribution is -2.59. The first-order chi connectivity index (χ1) is 31.4. The lowest BCUT2D eigenvalue weighted by molar-refractivity contribution is -0.305. The number of aliphatic hydroxyl groups excluding tert-OH is 4. The maximum atomic E-state index is 12.8. The van der Waals surface area contributed by atoms with Crippen molar-refractivity contribution in [1.29, 1.82) is 0 Å². The van der Waals surface area contributed by atoms with Crippen LogP contribution in [0.5, 0.6) is 0 Å². The molecule has 1 aliphatic rings. The number of hydrogen-bond acceptors (Lipinski definition) is 9. The van der Waals surface area contributed by atoms with E-state index in [9.17, 15) is 25.2 Å². The third kappa shape index (κ3) is 34.7. The van der Waals surface area contributed by atoms with Crippen LogP contribution < -0.4 is 0 Å². The molecule has 1 heterocycles. The number of carbonyl (C=O) groups is 1. The molecule has 6 atom stereocenters. The van der Waals surface area contributed by atoms with Gasteiger partial charge in [0.15, 0.2) is 6.29 Å². The fourth-order valence-electron chi connectivity index (χ4n) is 6.34. The summed E-state index contributed by atoms with van der Waals surface area (Å²) in [5.41, 5.74) is 0. The lowest BCUT2D eigenvalue weighted by atomic mass is 9.99. The van der Waals surface area contributed by atoms with Gasteiger partial charge in [0.2, 0.25) is 0 Å². The van der Waals surface area contributed by atoms with E-state index in [2.05, 4.69) is 148 Å². The van der Waals surface area contributed by atoms with Crippen LogP contribution >= 0.6 is 0 Å². The summed E-state index contributed by atoms with van der Waals surface area (Å²) in [4.78, 5) is 12.8. The number of rotatable bonds is 39. The monoisotopic (exact) mass is 891 g/mol. The summed E-state index contributed by atoms with van der Waals surface area (Å²) in [5, 5.41) is 40.2. The molecule has 9 heteroatoms. The summed E-state index contributed by atoms with van der Waals surface area (Å²) in [6, 6.07) is 0. The minimum atomic E-state index is -1.56. The van der Waals surface area contributed by atoms with Crippen molar-refractivity contribution in [3.05, 3.63) is 134 Å². The third-order valence-corrected chi connectivity index (χ3v) is 10.1.